The van der Waals surface area contributed by atoms with Gasteiger partial charge in [-0.25, -0.2) is 20.1 Å². The third kappa shape index (κ3) is 3.96. The lowest BCUT2D eigenvalue weighted by molar-refractivity contribution is -0.120. The van der Waals surface area contributed by atoms with Crippen LogP contribution in [0.5, 0.6) is 0 Å². The Hall–Kier alpha value is -3.57. The van der Waals surface area contributed by atoms with Crippen LogP contribution in [0, 0.1) is 0 Å². The second kappa shape index (κ2) is 6.25. The largest absolute Gasteiger partial charge is 0.342 e. The first-order valence-electron chi connectivity index (χ1n) is 5.77. The fourth-order valence-corrected chi connectivity index (χ4v) is 1.41. The minimum Gasteiger partial charge on any atom is -0.306 e. The van der Waals surface area contributed by atoms with Gasteiger partial charge in [-0.3, -0.25) is 24.4 Å². The zero-order valence-electron chi connectivity index (χ0n) is 10.8. The van der Waals surface area contributed by atoms with Gasteiger partial charge in [0.15, 0.2) is 0 Å². The monoisotopic (exact) mass is 307 g/mol. The summed E-state index contributed by atoms with van der Waals surface area (Å²) in [7, 11) is 0. The molecule has 0 radical (unpaired) electrons. The van der Waals surface area contributed by atoms with Crippen molar-refractivity contribution in [3.8, 4) is 0 Å². The highest BCUT2D eigenvalue weighted by Gasteiger charge is 2.08. The highest BCUT2D eigenvalue weighted by molar-refractivity contribution is 5.81. The van der Waals surface area contributed by atoms with E-state index in [4.69, 9.17) is 0 Å². The maximum atomic E-state index is 11.5. The molecule has 0 atom stereocenters. The smallest absolute Gasteiger partial charge is 0.306 e. The number of hydrogen-bond acceptors (Lipinski definition) is 7. The summed E-state index contributed by atoms with van der Waals surface area (Å²) in [6.45, 7) is 0. The Morgan fingerprint density at radius 2 is 1.95 bits per heavy atom. The number of aromatic amines is 4. The van der Waals surface area contributed by atoms with Crippen LogP contribution in [0.4, 0.5) is 0 Å². The van der Waals surface area contributed by atoms with E-state index in [0.717, 1.165) is 12.3 Å². The molecule has 0 aliphatic carbocycles. The van der Waals surface area contributed by atoms with Crippen LogP contribution in [0.1, 0.15) is 11.4 Å². The van der Waals surface area contributed by atoms with E-state index in [2.05, 4.69) is 20.6 Å². The molecule has 2 heterocycles. The molecule has 0 spiro atoms. The molecule has 12 nitrogen and oxygen atoms in total. The lowest BCUT2D eigenvalue weighted by atomic mass is 10.3. The van der Waals surface area contributed by atoms with Crippen molar-refractivity contribution in [1.82, 2.24) is 30.6 Å². The van der Waals surface area contributed by atoms with Crippen LogP contribution in [0.25, 0.3) is 0 Å². The van der Waals surface area contributed by atoms with Crippen molar-refractivity contribution in [2.24, 2.45) is 5.10 Å². The lowest BCUT2D eigenvalue weighted by Crippen LogP contribution is -2.31. The number of rotatable bonds is 4. The standard InChI is InChI=1S/C10H9N7O5/c18-6-1-4(12-9(21)13-6)3-11-16-7(19)2-5-8(20)14-10(22)17-15-5/h1,3H,2H2,(H,16,19)(H2,12,13,18,21)(H2,14,17,20,22)/b11-3-. The molecule has 114 valence electrons. The summed E-state index contributed by atoms with van der Waals surface area (Å²) >= 11 is 0. The maximum Gasteiger partial charge on any atom is 0.342 e. The summed E-state index contributed by atoms with van der Waals surface area (Å²) in [5.74, 6) is -0.687. The number of hydrogen-bond donors (Lipinski definition) is 5. The SMILES string of the molecule is O=C(Cc1n[nH]c(=O)[nH]c1=O)N/N=C\c1cc(=O)[nH]c(=O)[nH]1. The molecule has 0 unspecified atom stereocenters. The molecule has 22 heavy (non-hydrogen) atoms. The molecule has 0 aliphatic heterocycles. The number of nitrogens with zero attached hydrogens (tertiary/aromatic N) is 2. The van der Waals surface area contributed by atoms with Gasteiger partial charge in [0.25, 0.3) is 11.1 Å². The van der Waals surface area contributed by atoms with Crippen molar-refractivity contribution in [3.63, 3.8) is 0 Å². The van der Waals surface area contributed by atoms with Crippen molar-refractivity contribution < 1.29 is 4.79 Å². The Balaban J connectivity index is 2.02. The fourth-order valence-electron chi connectivity index (χ4n) is 1.41. The van der Waals surface area contributed by atoms with Gasteiger partial charge in [0.2, 0.25) is 5.91 Å². The van der Waals surface area contributed by atoms with Gasteiger partial charge in [0.1, 0.15) is 5.69 Å². The zero-order valence-corrected chi connectivity index (χ0v) is 10.8. The molecule has 0 aromatic carbocycles. The van der Waals surface area contributed by atoms with E-state index in [1.165, 1.54) is 0 Å². The van der Waals surface area contributed by atoms with E-state index in [-0.39, 0.29) is 11.4 Å². The molecule has 2 aromatic rings. The van der Waals surface area contributed by atoms with Gasteiger partial charge in [-0.15, -0.1) is 0 Å². The summed E-state index contributed by atoms with van der Waals surface area (Å²) in [5.41, 5.74) is -0.967. The van der Waals surface area contributed by atoms with Crippen LogP contribution in [-0.2, 0) is 11.2 Å². The first-order valence-corrected chi connectivity index (χ1v) is 5.77. The number of carbonyl (C=O) groups is 1. The van der Waals surface area contributed by atoms with Crippen LogP contribution in [0.2, 0.25) is 0 Å². The molecular weight excluding hydrogens is 298 g/mol. The molecule has 0 fully saturated rings. The van der Waals surface area contributed by atoms with Gasteiger partial charge < -0.3 is 4.98 Å². The molecule has 0 saturated heterocycles. The fraction of sp³-hybridized carbons (Fsp3) is 0.100. The minimum absolute atomic E-state index is 0.0778. The highest BCUT2D eigenvalue weighted by atomic mass is 16.2. The van der Waals surface area contributed by atoms with E-state index in [9.17, 15) is 24.0 Å². The van der Waals surface area contributed by atoms with Crippen LogP contribution in [0.15, 0.2) is 30.3 Å². The Morgan fingerprint density at radius 1 is 1.18 bits per heavy atom. The third-order valence-corrected chi connectivity index (χ3v) is 2.28. The highest BCUT2D eigenvalue weighted by Crippen LogP contribution is 1.83. The van der Waals surface area contributed by atoms with Gasteiger partial charge in [0, 0.05) is 6.07 Å². The number of amides is 1. The van der Waals surface area contributed by atoms with Crippen LogP contribution >= 0.6 is 0 Å². The van der Waals surface area contributed by atoms with E-state index in [0.29, 0.717) is 0 Å². The summed E-state index contributed by atoms with van der Waals surface area (Å²) < 4.78 is 0. The van der Waals surface area contributed by atoms with Crippen LogP contribution in [0.3, 0.4) is 0 Å². The molecule has 0 bridgehead atoms. The third-order valence-electron chi connectivity index (χ3n) is 2.28. The first-order chi connectivity index (χ1) is 10.4. The first kappa shape index (κ1) is 14.8. The van der Waals surface area contributed by atoms with Gasteiger partial charge in [-0.2, -0.15) is 10.2 Å². The second-order valence-electron chi connectivity index (χ2n) is 3.97. The zero-order chi connectivity index (χ0) is 16.1. The molecule has 5 N–H and O–H groups in total. The summed E-state index contributed by atoms with van der Waals surface area (Å²) in [6, 6.07) is 1.06. The average Bonchev–Trinajstić information content (AvgIpc) is 2.41. The predicted octanol–water partition coefficient (Wildman–Crippen LogP) is -3.47. The number of carbonyl (C=O) groups excluding carboxylic acids is 1. The molecular formula is C10H9N7O5. The number of aromatic nitrogens is 5. The minimum atomic E-state index is -0.790. The predicted molar refractivity (Wildman–Crippen MR) is 72.6 cm³/mol. The second-order valence-corrected chi connectivity index (χ2v) is 3.97. The summed E-state index contributed by atoms with van der Waals surface area (Å²) in [5, 5.41) is 8.91. The van der Waals surface area contributed by atoms with Crippen molar-refractivity contribution in [3.05, 3.63) is 59.1 Å². The topological polar surface area (TPSA) is 186 Å². The number of H-pyrrole nitrogens is 4. The number of nitrogens with one attached hydrogen (secondary N) is 5. The van der Waals surface area contributed by atoms with Crippen molar-refractivity contribution in [2.75, 3.05) is 0 Å². The molecule has 12 heteroatoms. The van der Waals surface area contributed by atoms with Crippen LogP contribution < -0.4 is 27.9 Å². The van der Waals surface area contributed by atoms with Gasteiger partial charge in [-0.1, -0.05) is 0 Å². The summed E-state index contributed by atoms with van der Waals surface area (Å²) in [4.78, 5) is 61.7. The molecule has 2 aromatic heterocycles. The Kier molecular flexibility index (Phi) is 4.22. The van der Waals surface area contributed by atoms with Crippen molar-refractivity contribution >= 4 is 12.1 Å². The van der Waals surface area contributed by atoms with E-state index >= 15 is 0 Å². The Morgan fingerprint density at radius 3 is 2.64 bits per heavy atom. The van der Waals surface area contributed by atoms with Crippen molar-refractivity contribution in [2.45, 2.75) is 6.42 Å². The molecule has 0 aliphatic rings. The van der Waals surface area contributed by atoms with Crippen LogP contribution in [-0.4, -0.2) is 37.3 Å². The molecule has 1 amide bonds. The Labute approximate surface area is 119 Å². The van der Waals surface area contributed by atoms with Gasteiger partial charge >= 0.3 is 11.4 Å². The maximum absolute atomic E-state index is 11.5. The normalized spacial score (nSPS) is 10.7. The van der Waals surface area contributed by atoms with Gasteiger partial charge in [-0.05, 0) is 0 Å². The Bertz CT molecular complexity index is 919. The molecule has 2 rings (SSSR count). The quantitative estimate of drug-likeness (QED) is 0.288. The van der Waals surface area contributed by atoms with E-state index in [1.807, 2.05) is 15.1 Å². The summed E-state index contributed by atoms with van der Waals surface area (Å²) in [6.07, 6.45) is 0.619. The van der Waals surface area contributed by atoms with Gasteiger partial charge in [0.05, 0.1) is 18.3 Å². The van der Waals surface area contributed by atoms with E-state index < -0.39 is 34.8 Å². The van der Waals surface area contributed by atoms with Crippen molar-refractivity contribution in [1.29, 1.82) is 0 Å². The van der Waals surface area contributed by atoms with E-state index in [1.54, 1.807) is 0 Å². The number of hydrazone groups is 1. The average molecular weight is 307 g/mol. The molecule has 0 saturated carbocycles. The lowest BCUT2D eigenvalue weighted by Gasteiger charge is -1.98.